The molecule has 1 aromatic heterocycles. The minimum Gasteiger partial charge on any atom is -0.391 e. The van der Waals surface area contributed by atoms with Crippen LogP contribution in [-0.2, 0) is 11.4 Å². The van der Waals surface area contributed by atoms with Crippen LogP contribution in [0.3, 0.4) is 0 Å². The summed E-state index contributed by atoms with van der Waals surface area (Å²) in [7, 11) is 0. The minimum atomic E-state index is -0.0839. The summed E-state index contributed by atoms with van der Waals surface area (Å²) in [5, 5.41) is 13.1. The summed E-state index contributed by atoms with van der Waals surface area (Å²) in [6.07, 6.45) is 0.908. The van der Waals surface area contributed by atoms with Crippen LogP contribution >= 0.6 is 22.9 Å². The summed E-state index contributed by atoms with van der Waals surface area (Å²) >= 11 is 7.28. The number of amides is 1. The predicted octanol–water partition coefficient (Wildman–Crippen LogP) is 1.00. The number of carbonyl (C=O) groups is 1. The number of nitrogens with zero attached hydrogens (tertiary/aromatic N) is 2. The first-order chi connectivity index (χ1) is 8.10. The molecule has 7 heteroatoms. The maximum absolute atomic E-state index is 11.0. The van der Waals surface area contributed by atoms with Gasteiger partial charge in [-0.1, -0.05) is 22.9 Å². The molecule has 2 heterocycles. The molecule has 1 atom stereocenters. The molecule has 0 bridgehead atoms. The smallest absolute Gasteiger partial charge is 0.217 e. The molecule has 1 aliphatic heterocycles. The number of anilines is 1. The number of thiazole rings is 1. The van der Waals surface area contributed by atoms with Gasteiger partial charge in [-0.05, 0) is 6.42 Å². The lowest BCUT2D eigenvalue weighted by Gasteiger charge is -2.14. The highest BCUT2D eigenvalue weighted by Crippen LogP contribution is 2.31. The highest BCUT2D eigenvalue weighted by Gasteiger charge is 2.25. The molecule has 0 aromatic carbocycles. The lowest BCUT2D eigenvalue weighted by molar-refractivity contribution is -0.119. The zero-order chi connectivity index (χ0) is 12.4. The zero-order valence-electron chi connectivity index (χ0n) is 9.44. The van der Waals surface area contributed by atoms with Crippen molar-refractivity contribution in [2.24, 2.45) is 0 Å². The number of carbonyl (C=O) groups excluding carboxylic acids is 1. The van der Waals surface area contributed by atoms with Crippen molar-refractivity contribution in [3.8, 4) is 0 Å². The van der Waals surface area contributed by atoms with E-state index in [2.05, 4.69) is 15.2 Å². The molecule has 1 aliphatic rings. The third-order valence-electron chi connectivity index (χ3n) is 2.65. The van der Waals surface area contributed by atoms with Gasteiger partial charge in [-0.2, -0.15) is 0 Å². The Kier molecular flexibility index (Phi) is 3.86. The predicted molar refractivity (Wildman–Crippen MR) is 67.5 cm³/mol. The van der Waals surface area contributed by atoms with E-state index in [4.69, 9.17) is 16.7 Å². The Morgan fingerprint density at radius 2 is 2.53 bits per heavy atom. The van der Waals surface area contributed by atoms with Gasteiger partial charge in [0.05, 0.1) is 11.5 Å². The van der Waals surface area contributed by atoms with Gasteiger partial charge in [0.15, 0.2) is 5.13 Å². The van der Waals surface area contributed by atoms with Crippen LogP contribution in [0.5, 0.6) is 0 Å². The van der Waals surface area contributed by atoms with Crippen molar-refractivity contribution in [1.82, 2.24) is 10.3 Å². The van der Waals surface area contributed by atoms with Gasteiger partial charge in [0.25, 0.3) is 0 Å². The van der Waals surface area contributed by atoms with Crippen molar-refractivity contribution in [2.75, 3.05) is 18.0 Å². The lowest BCUT2D eigenvalue weighted by atomic mass is 10.3. The Morgan fingerprint density at radius 1 is 1.76 bits per heavy atom. The summed E-state index contributed by atoms with van der Waals surface area (Å²) in [4.78, 5) is 17.9. The first kappa shape index (κ1) is 12.6. The number of hydrogen-bond donors (Lipinski definition) is 2. The lowest BCUT2D eigenvalue weighted by Crippen LogP contribution is -2.35. The summed E-state index contributed by atoms with van der Waals surface area (Å²) < 4.78 is 0. The van der Waals surface area contributed by atoms with Crippen molar-refractivity contribution in [3.63, 3.8) is 0 Å². The van der Waals surface area contributed by atoms with Crippen molar-refractivity contribution in [2.45, 2.75) is 26.0 Å². The van der Waals surface area contributed by atoms with Gasteiger partial charge in [0, 0.05) is 26.1 Å². The van der Waals surface area contributed by atoms with Crippen molar-refractivity contribution in [1.29, 1.82) is 0 Å². The van der Waals surface area contributed by atoms with Crippen LogP contribution < -0.4 is 10.2 Å². The van der Waals surface area contributed by atoms with E-state index in [-0.39, 0.29) is 18.6 Å². The molecule has 94 valence electrons. The normalized spacial score (nSPS) is 19.7. The second-order valence-electron chi connectivity index (χ2n) is 4.00. The Balaban J connectivity index is 2.02. The zero-order valence-corrected chi connectivity index (χ0v) is 11.0. The van der Waals surface area contributed by atoms with Gasteiger partial charge in [-0.15, -0.1) is 0 Å². The quantitative estimate of drug-likeness (QED) is 0.864. The van der Waals surface area contributed by atoms with E-state index in [9.17, 15) is 4.79 Å². The molecule has 0 aliphatic carbocycles. The highest BCUT2D eigenvalue weighted by atomic mass is 35.5. The monoisotopic (exact) mass is 275 g/mol. The number of aliphatic hydroxyl groups is 1. The van der Waals surface area contributed by atoms with Crippen molar-refractivity contribution in [3.05, 3.63) is 10.0 Å². The largest absolute Gasteiger partial charge is 0.391 e. The molecule has 2 N–H and O–H groups in total. The van der Waals surface area contributed by atoms with Crippen LogP contribution in [0.4, 0.5) is 5.13 Å². The van der Waals surface area contributed by atoms with Gasteiger partial charge in [0.2, 0.25) is 5.91 Å². The van der Waals surface area contributed by atoms with E-state index in [0.29, 0.717) is 10.0 Å². The van der Waals surface area contributed by atoms with Crippen LogP contribution in [0, 0.1) is 0 Å². The molecule has 1 aromatic rings. The van der Waals surface area contributed by atoms with E-state index >= 15 is 0 Å². The summed E-state index contributed by atoms with van der Waals surface area (Å²) in [5.74, 6) is -0.00920. The molecule has 1 saturated heterocycles. The van der Waals surface area contributed by atoms with Gasteiger partial charge in [-0.25, -0.2) is 4.98 Å². The Bertz CT molecular complexity index is 424. The second-order valence-corrected chi connectivity index (χ2v) is 5.42. The topological polar surface area (TPSA) is 65.5 Å². The number of hydrogen-bond acceptors (Lipinski definition) is 5. The molecule has 1 unspecified atom stereocenters. The van der Waals surface area contributed by atoms with Gasteiger partial charge in [0.1, 0.15) is 5.15 Å². The average molecular weight is 276 g/mol. The van der Waals surface area contributed by atoms with Gasteiger partial charge < -0.3 is 15.3 Å². The third-order valence-corrected chi connectivity index (χ3v) is 4.17. The molecule has 2 rings (SSSR count). The van der Waals surface area contributed by atoms with Crippen LogP contribution in [0.25, 0.3) is 0 Å². The van der Waals surface area contributed by atoms with Crippen molar-refractivity contribution >= 4 is 34.0 Å². The van der Waals surface area contributed by atoms with E-state index in [1.54, 1.807) is 0 Å². The Morgan fingerprint density at radius 3 is 3.12 bits per heavy atom. The molecule has 17 heavy (non-hydrogen) atoms. The fourth-order valence-corrected chi connectivity index (χ4v) is 3.05. The molecule has 1 fully saturated rings. The molecule has 0 saturated carbocycles. The minimum absolute atomic E-state index is 0.00920. The Labute approximate surface area is 108 Å². The average Bonchev–Trinajstić information content (AvgIpc) is 2.83. The molecule has 0 spiro atoms. The molecule has 1 amide bonds. The maximum atomic E-state index is 11.0. The highest BCUT2D eigenvalue weighted by molar-refractivity contribution is 7.16. The summed E-state index contributed by atoms with van der Waals surface area (Å²) in [6.45, 7) is 3.03. The van der Waals surface area contributed by atoms with Gasteiger partial charge in [-0.3, -0.25) is 4.79 Å². The molecule has 5 nitrogen and oxygen atoms in total. The molecular formula is C10H14ClN3O2S. The first-order valence-electron chi connectivity index (χ1n) is 5.38. The van der Waals surface area contributed by atoms with Crippen LogP contribution in [-0.4, -0.2) is 35.1 Å². The van der Waals surface area contributed by atoms with Crippen LogP contribution in [0.1, 0.15) is 18.2 Å². The van der Waals surface area contributed by atoms with Gasteiger partial charge >= 0.3 is 0 Å². The fraction of sp³-hybridized carbons (Fsp3) is 0.600. The van der Waals surface area contributed by atoms with Crippen molar-refractivity contribution < 1.29 is 9.90 Å². The number of nitrogens with one attached hydrogen (secondary N) is 1. The number of aliphatic hydroxyl groups excluding tert-OH is 1. The van der Waals surface area contributed by atoms with Crippen LogP contribution in [0.15, 0.2) is 0 Å². The molecular weight excluding hydrogens is 262 g/mol. The SMILES string of the molecule is CC(=O)NC1CCN(c2nc(Cl)c(CO)s2)C1. The number of rotatable bonds is 3. The third kappa shape index (κ3) is 2.88. The maximum Gasteiger partial charge on any atom is 0.217 e. The number of aromatic nitrogens is 1. The standard InChI is InChI=1S/C10H14ClN3O2S/c1-6(16)12-7-2-3-14(4-7)10-13-9(11)8(5-15)17-10/h7,15H,2-5H2,1H3,(H,12,16). The number of halogens is 1. The fourth-order valence-electron chi connectivity index (χ4n) is 1.89. The van der Waals surface area contributed by atoms with E-state index in [1.807, 2.05) is 0 Å². The molecule has 0 radical (unpaired) electrons. The summed E-state index contributed by atoms with van der Waals surface area (Å²) in [6, 6.07) is 0.174. The Hall–Kier alpha value is -0.850. The van der Waals surface area contributed by atoms with E-state index in [0.717, 1.165) is 24.6 Å². The first-order valence-corrected chi connectivity index (χ1v) is 6.57. The second kappa shape index (κ2) is 5.20. The summed E-state index contributed by atoms with van der Waals surface area (Å²) in [5.41, 5.74) is 0. The van der Waals surface area contributed by atoms with Crippen LogP contribution in [0.2, 0.25) is 5.15 Å². The van der Waals surface area contributed by atoms with E-state index < -0.39 is 0 Å². The van der Waals surface area contributed by atoms with E-state index in [1.165, 1.54) is 18.3 Å².